The van der Waals surface area contributed by atoms with E-state index >= 15 is 0 Å². The Morgan fingerprint density at radius 3 is 1.52 bits per heavy atom. The van der Waals surface area contributed by atoms with Gasteiger partial charge in [-0.3, -0.25) is 33.5 Å². The zero-order valence-corrected chi connectivity index (χ0v) is 45.1. The fourth-order valence-electron chi connectivity index (χ4n) is 10.8. The van der Waals surface area contributed by atoms with Crippen LogP contribution in [0, 0.1) is 34.5 Å². The van der Waals surface area contributed by atoms with E-state index < -0.39 is 10.1 Å². The summed E-state index contributed by atoms with van der Waals surface area (Å²) in [6, 6.07) is 19.7. The predicted molar refractivity (Wildman–Crippen MR) is 281 cm³/mol. The Labute approximate surface area is 424 Å². The van der Waals surface area contributed by atoms with E-state index in [0.717, 1.165) is 155 Å². The second-order valence-electron chi connectivity index (χ2n) is 22.6. The Hall–Kier alpha value is -4.37. The molecule has 0 bridgehead atoms. The van der Waals surface area contributed by atoms with Gasteiger partial charge in [-0.05, 0) is 175 Å². The molecule has 392 valence electrons. The minimum absolute atomic E-state index is 0.0164. The standard InChI is InChI=1S/C28H40N2O3.C18H22N2O3.C11H22O3S/c1-5-32-27(31)21-7-6-16-30(18-21)19-23-11-8-20-17-25(14-15-26(20)29-23)33-24-12-9-22(10-13-24)28(2,3)4;1-2-23-18(22)14-4-3-9-20(11-14)12-15-6-5-13-10-16(21)7-8-17(13)19-15;1-11(2,3)9-5-7-10(8-6-9)14-15(4,12)13/h8,11,14-15,17,21-22,24H,5-7,9-10,12-13,16,18-19H2,1-4H3;5-8,10,14,21H,2-4,9,11-12H2,1H3;9-10H,5-8H2,1-4H3. The molecule has 4 fully saturated rings. The van der Waals surface area contributed by atoms with Gasteiger partial charge in [-0.15, -0.1) is 0 Å². The number of hydrogen-bond acceptors (Lipinski definition) is 13. The number of benzene rings is 2. The maximum Gasteiger partial charge on any atom is 0.310 e. The first-order valence-electron chi connectivity index (χ1n) is 26.5. The molecule has 2 atom stereocenters. The maximum atomic E-state index is 12.1. The van der Waals surface area contributed by atoms with E-state index in [-0.39, 0.29) is 35.6 Å². The lowest BCUT2D eigenvalue weighted by atomic mass is 9.72. The van der Waals surface area contributed by atoms with Crippen LogP contribution in [0.1, 0.15) is 144 Å². The van der Waals surface area contributed by atoms with Gasteiger partial charge in [-0.25, -0.2) is 0 Å². The van der Waals surface area contributed by atoms with Crippen LogP contribution in [0.25, 0.3) is 21.8 Å². The van der Waals surface area contributed by atoms with E-state index in [1.165, 1.54) is 12.8 Å². The van der Waals surface area contributed by atoms with Gasteiger partial charge in [0.1, 0.15) is 11.5 Å². The van der Waals surface area contributed by atoms with Crippen LogP contribution in [0.3, 0.4) is 0 Å². The highest BCUT2D eigenvalue weighted by Crippen LogP contribution is 2.40. The van der Waals surface area contributed by atoms with Crippen molar-refractivity contribution in [1.82, 2.24) is 19.8 Å². The van der Waals surface area contributed by atoms with E-state index in [0.29, 0.717) is 36.1 Å². The molecule has 71 heavy (non-hydrogen) atoms. The monoisotopic (exact) mass is 1000 g/mol. The van der Waals surface area contributed by atoms with Crippen molar-refractivity contribution in [2.45, 2.75) is 158 Å². The Balaban J connectivity index is 0.000000188. The molecule has 2 saturated carbocycles. The minimum Gasteiger partial charge on any atom is -0.508 e. The SMILES string of the molecule is CC(C)(C)C1CCC(OS(C)(=O)=O)CC1.CCOC(=O)C1CCCN(Cc2ccc3cc(O)ccc3n2)C1.CCOC(=O)C1CCCN(Cc2ccc3cc(OC4CCC(C(C)(C)C)CC4)ccc3n2)C1. The Bertz CT molecular complexity index is 2450. The van der Waals surface area contributed by atoms with E-state index in [9.17, 15) is 23.1 Å². The summed E-state index contributed by atoms with van der Waals surface area (Å²) in [6.07, 6.45) is 13.9. The Morgan fingerprint density at radius 2 is 1.07 bits per heavy atom. The second-order valence-corrected chi connectivity index (χ2v) is 24.2. The number of phenolic OH excluding ortho intramolecular Hbond substituents is 1. The van der Waals surface area contributed by atoms with Crippen molar-refractivity contribution < 1.29 is 41.5 Å². The highest BCUT2D eigenvalue weighted by atomic mass is 32.2. The molecule has 1 N–H and O–H groups in total. The lowest BCUT2D eigenvalue weighted by Gasteiger charge is -2.36. The Kier molecular flexibility index (Phi) is 20.1. The summed E-state index contributed by atoms with van der Waals surface area (Å²) in [5, 5.41) is 11.5. The number of pyridine rings is 2. The van der Waals surface area contributed by atoms with Gasteiger partial charge in [-0.2, -0.15) is 8.42 Å². The molecule has 4 aliphatic rings. The molecule has 2 aromatic carbocycles. The molecule has 2 unspecified atom stereocenters. The van der Waals surface area contributed by atoms with Crippen LogP contribution >= 0.6 is 0 Å². The lowest BCUT2D eigenvalue weighted by molar-refractivity contribution is -0.150. The van der Waals surface area contributed by atoms with Crippen molar-refractivity contribution in [2.24, 2.45) is 34.5 Å². The number of piperidine rings is 2. The van der Waals surface area contributed by atoms with Gasteiger partial charge in [-0.1, -0.05) is 53.7 Å². The smallest absolute Gasteiger partial charge is 0.310 e. The number of esters is 2. The highest BCUT2D eigenvalue weighted by Gasteiger charge is 2.33. The molecule has 0 radical (unpaired) electrons. The molecule has 2 aliphatic carbocycles. The van der Waals surface area contributed by atoms with Crippen molar-refractivity contribution >= 4 is 43.9 Å². The van der Waals surface area contributed by atoms with Gasteiger partial charge < -0.3 is 19.3 Å². The van der Waals surface area contributed by atoms with Crippen molar-refractivity contribution in [3.8, 4) is 11.5 Å². The second kappa shape index (κ2) is 25.5. The van der Waals surface area contributed by atoms with Crippen LogP contribution in [-0.2, 0) is 46.5 Å². The number of carbonyl (C=O) groups excluding carboxylic acids is 2. The molecule has 4 heterocycles. The van der Waals surface area contributed by atoms with Gasteiger partial charge in [0.2, 0.25) is 0 Å². The average molecular weight is 1000 g/mol. The first-order valence-corrected chi connectivity index (χ1v) is 28.3. The molecule has 8 rings (SSSR count). The van der Waals surface area contributed by atoms with Crippen LogP contribution in [0.5, 0.6) is 11.5 Å². The molecule has 14 heteroatoms. The number of aromatic hydroxyl groups is 1. The number of hydrogen-bond donors (Lipinski definition) is 1. The zero-order chi connectivity index (χ0) is 51.3. The van der Waals surface area contributed by atoms with Crippen molar-refractivity contribution in [3.63, 3.8) is 0 Å². The van der Waals surface area contributed by atoms with E-state index in [4.69, 9.17) is 23.4 Å². The van der Waals surface area contributed by atoms with Crippen LogP contribution in [0.2, 0.25) is 0 Å². The number of carbonyl (C=O) groups is 2. The summed E-state index contributed by atoms with van der Waals surface area (Å²) in [6.45, 7) is 23.4. The highest BCUT2D eigenvalue weighted by molar-refractivity contribution is 7.86. The van der Waals surface area contributed by atoms with Crippen LogP contribution < -0.4 is 4.74 Å². The molecule has 0 amide bonds. The third kappa shape index (κ3) is 17.7. The van der Waals surface area contributed by atoms with Gasteiger partial charge in [0, 0.05) is 37.0 Å². The quantitative estimate of drug-likeness (QED) is 0.106. The van der Waals surface area contributed by atoms with Crippen molar-refractivity contribution in [2.75, 3.05) is 45.6 Å². The summed E-state index contributed by atoms with van der Waals surface area (Å²) in [5.74, 6) is 2.50. The molecule has 0 spiro atoms. The zero-order valence-electron chi connectivity index (χ0n) is 44.3. The van der Waals surface area contributed by atoms with Gasteiger partial charge >= 0.3 is 11.9 Å². The number of likely N-dealkylation sites (tertiary alicyclic amines) is 2. The lowest BCUT2D eigenvalue weighted by Crippen LogP contribution is -2.39. The first-order chi connectivity index (χ1) is 33.6. The predicted octanol–water partition coefficient (Wildman–Crippen LogP) is 11.3. The summed E-state index contributed by atoms with van der Waals surface area (Å²) in [7, 11) is -3.28. The van der Waals surface area contributed by atoms with Crippen LogP contribution in [-0.4, -0.2) is 103 Å². The molecule has 2 aromatic heterocycles. The third-order valence-electron chi connectivity index (χ3n) is 14.9. The fourth-order valence-corrected chi connectivity index (χ4v) is 11.5. The molecule has 4 aromatic rings. The van der Waals surface area contributed by atoms with Gasteiger partial charge in [0.25, 0.3) is 10.1 Å². The number of aromatic nitrogens is 2. The Morgan fingerprint density at radius 1 is 0.620 bits per heavy atom. The summed E-state index contributed by atoms with van der Waals surface area (Å²) in [5.41, 5.74) is 4.62. The number of fused-ring (bicyclic) bond motifs is 2. The molecule has 2 saturated heterocycles. The third-order valence-corrected chi connectivity index (χ3v) is 15.5. The van der Waals surface area contributed by atoms with E-state index in [1.54, 1.807) is 12.1 Å². The summed E-state index contributed by atoms with van der Waals surface area (Å²) in [4.78, 5) is 38.2. The summed E-state index contributed by atoms with van der Waals surface area (Å²) >= 11 is 0. The normalized spacial score (nSPS) is 23.7. The molecular weight excluding hydrogens is 917 g/mol. The van der Waals surface area contributed by atoms with Crippen molar-refractivity contribution in [3.05, 3.63) is 72.1 Å². The molecule has 2 aliphatic heterocycles. The van der Waals surface area contributed by atoms with Crippen LogP contribution in [0.15, 0.2) is 60.7 Å². The number of ether oxygens (including phenoxy) is 3. The first kappa shape index (κ1) is 55.9. The number of rotatable bonds is 12. The van der Waals surface area contributed by atoms with Crippen molar-refractivity contribution in [1.29, 1.82) is 0 Å². The number of nitrogens with zero attached hydrogens (tertiary/aromatic N) is 4. The van der Waals surface area contributed by atoms with E-state index in [2.05, 4.69) is 86.7 Å². The minimum atomic E-state index is -3.28. The van der Waals surface area contributed by atoms with Gasteiger partial charge in [0.15, 0.2) is 0 Å². The molecular formula is C57H84N4O9S. The van der Waals surface area contributed by atoms with Gasteiger partial charge in [0.05, 0.1) is 65.9 Å². The largest absolute Gasteiger partial charge is 0.508 e. The topological polar surface area (TPSA) is 158 Å². The molecule has 13 nitrogen and oxygen atoms in total. The fraction of sp³-hybridized carbons (Fsp3) is 0.649. The van der Waals surface area contributed by atoms with E-state index in [1.807, 2.05) is 32.0 Å². The maximum absolute atomic E-state index is 12.1. The van der Waals surface area contributed by atoms with Crippen LogP contribution in [0.4, 0.5) is 0 Å². The summed E-state index contributed by atoms with van der Waals surface area (Å²) < 4.78 is 43.6. The average Bonchev–Trinajstić information content (AvgIpc) is 3.32. The number of phenols is 1.